The standard InChI is InChI=1S/C31H34F4N2O9S/c1-44-23-15-22(32)24(46-19-8-10-30(45-2,11-9-19)29(40)41)14-21(23)27(38)37-26-17-7-6-16(12-17)25(26)28(39)36-18-4-3-5-20(13-18)47(42,43)31(33,34)35/h3-5,13-17,19,25-26H,6-12H2,1-2H3,(H,36,39)(H,37,38)(H,40,41)/t16-,17+,19-,25-,26+,30-/m0/s1. The van der Waals surface area contributed by atoms with Crippen LogP contribution in [0.25, 0.3) is 0 Å². The maximum absolute atomic E-state index is 15.0. The summed E-state index contributed by atoms with van der Waals surface area (Å²) in [5.41, 5.74) is -7.09. The van der Waals surface area contributed by atoms with E-state index >= 15 is 4.39 Å². The fourth-order valence-corrected chi connectivity index (χ4v) is 7.84. The monoisotopic (exact) mass is 686 g/mol. The fourth-order valence-electron chi connectivity index (χ4n) is 7.04. The third kappa shape index (κ3) is 6.62. The number of carboxylic acid groups (broad SMARTS) is 1. The van der Waals surface area contributed by atoms with Crippen molar-refractivity contribution in [2.24, 2.45) is 17.8 Å². The minimum absolute atomic E-state index is 0.0662. The van der Waals surface area contributed by atoms with Gasteiger partial charge in [0.05, 0.1) is 29.6 Å². The predicted octanol–water partition coefficient (Wildman–Crippen LogP) is 4.70. The number of amides is 2. The van der Waals surface area contributed by atoms with Crippen LogP contribution in [0.1, 0.15) is 55.3 Å². The van der Waals surface area contributed by atoms with E-state index in [1.165, 1.54) is 26.4 Å². The summed E-state index contributed by atoms with van der Waals surface area (Å²) < 4.78 is 94.4. The summed E-state index contributed by atoms with van der Waals surface area (Å²) in [5, 5.41) is 14.9. The van der Waals surface area contributed by atoms with E-state index in [1.54, 1.807) is 0 Å². The predicted molar refractivity (Wildman–Crippen MR) is 157 cm³/mol. The average molecular weight is 687 g/mol. The molecule has 0 radical (unpaired) electrons. The van der Waals surface area contributed by atoms with E-state index in [0.29, 0.717) is 19.3 Å². The smallest absolute Gasteiger partial charge is 0.496 e. The lowest BCUT2D eigenvalue weighted by Gasteiger charge is -2.35. The van der Waals surface area contributed by atoms with Gasteiger partial charge in [0.1, 0.15) is 5.75 Å². The van der Waals surface area contributed by atoms with Crippen molar-refractivity contribution in [1.82, 2.24) is 5.32 Å². The second kappa shape index (κ2) is 12.9. The van der Waals surface area contributed by atoms with Crippen LogP contribution in [0.3, 0.4) is 0 Å². The molecule has 2 aromatic rings. The normalized spacial score (nSPS) is 27.2. The van der Waals surface area contributed by atoms with Crippen molar-refractivity contribution < 1.29 is 59.7 Å². The SMILES string of the molecule is COc1cc(F)c(O[C@H]2CC[C@@](OC)(C(=O)O)CC2)cc1C(=O)N[C@@H]1[C@@H]2CC[C@@H](C2)[C@@H]1C(=O)Nc1cccc(S(=O)(=O)C(F)(F)F)c1. The minimum atomic E-state index is -5.64. The molecular weight excluding hydrogens is 652 g/mol. The molecule has 11 nitrogen and oxygen atoms in total. The van der Waals surface area contributed by atoms with Gasteiger partial charge in [-0.05, 0) is 81.0 Å². The highest BCUT2D eigenvalue weighted by Crippen LogP contribution is 2.49. The summed E-state index contributed by atoms with van der Waals surface area (Å²) in [6, 6.07) is 5.37. The number of methoxy groups -OCH3 is 2. The lowest BCUT2D eigenvalue weighted by atomic mass is 9.83. The first-order chi connectivity index (χ1) is 22.1. The van der Waals surface area contributed by atoms with Gasteiger partial charge in [0, 0.05) is 24.9 Å². The summed E-state index contributed by atoms with van der Waals surface area (Å²) in [6.45, 7) is 0. The highest BCUT2D eigenvalue weighted by molar-refractivity contribution is 7.92. The molecule has 0 aromatic heterocycles. The Balaban J connectivity index is 1.32. The number of rotatable bonds is 10. The van der Waals surface area contributed by atoms with Crippen LogP contribution in [0.4, 0.5) is 23.2 Å². The number of carboxylic acids is 1. The van der Waals surface area contributed by atoms with Crippen molar-refractivity contribution in [3.8, 4) is 11.5 Å². The van der Waals surface area contributed by atoms with Crippen LogP contribution in [0.5, 0.6) is 11.5 Å². The average Bonchev–Trinajstić information content (AvgIpc) is 3.64. The lowest BCUT2D eigenvalue weighted by Crippen LogP contribution is -2.48. The molecule has 3 aliphatic rings. The van der Waals surface area contributed by atoms with Gasteiger partial charge in [-0.15, -0.1) is 0 Å². The second-order valence-electron chi connectivity index (χ2n) is 12.1. The van der Waals surface area contributed by atoms with E-state index in [4.69, 9.17) is 14.2 Å². The maximum atomic E-state index is 15.0. The Labute approximate surface area is 267 Å². The molecule has 256 valence electrons. The van der Waals surface area contributed by atoms with E-state index in [1.807, 2.05) is 0 Å². The van der Waals surface area contributed by atoms with E-state index in [2.05, 4.69) is 10.6 Å². The number of alkyl halides is 3. The molecule has 0 unspecified atom stereocenters. The molecule has 2 bridgehead atoms. The number of sulfone groups is 1. The zero-order valence-electron chi connectivity index (χ0n) is 25.4. The number of aliphatic carboxylic acids is 1. The summed E-state index contributed by atoms with van der Waals surface area (Å²) >= 11 is 0. The molecule has 4 atom stereocenters. The Morgan fingerprint density at radius 3 is 2.28 bits per heavy atom. The molecule has 3 fully saturated rings. The second-order valence-corrected chi connectivity index (χ2v) is 14.1. The van der Waals surface area contributed by atoms with Crippen LogP contribution in [0, 0.1) is 23.6 Å². The molecule has 2 aromatic carbocycles. The van der Waals surface area contributed by atoms with E-state index < -0.39 is 67.5 Å². The number of ether oxygens (including phenoxy) is 3. The lowest BCUT2D eigenvalue weighted by molar-refractivity contribution is -0.168. The van der Waals surface area contributed by atoms with Gasteiger partial charge in [0.15, 0.2) is 17.2 Å². The quantitative estimate of drug-likeness (QED) is 0.302. The zero-order valence-corrected chi connectivity index (χ0v) is 26.3. The van der Waals surface area contributed by atoms with E-state index in [0.717, 1.165) is 24.3 Å². The third-order valence-corrected chi connectivity index (χ3v) is 11.0. The Kier molecular flexibility index (Phi) is 9.48. The van der Waals surface area contributed by atoms with Crippen LogP contribution in [-0.4, -0.2) is 68.8 Å². The first-order valence-electron chi connectivity index (χ1n) is 15.0. The Hall–Kier alpha value is -3.92. The summed E-state index contributed by atoms with van der Waals surface area (Å²) in [7, 11) is -3.07. The Bertz CT molecular complexity index is 1660. The number of hydrogen-bond donors (Lipinski definition) is 3. The third-order valence-electron chi connectivity index (χ3n) is 9.55. The number of carbonyl (C=O) groups excluding carboxylic acids is 2. The van der Waals surface area contributed by atoms with Gasteiger partial charge in [-0.2, -0.15) is 13.2 Å². The zero-order chi connectivity index (χ0) is 34.3. The van der Waals surface area contributed by atoms with Crippen LogP contribution < -0.4 is 20.1 Å². The largest absolute Gasteiger partial charge is 0.501 e. The number of fused-ring (bicyclic) bond motifs is 2. The molecule has 0 heterocycles. The molecule has 3 saturated carbocycles. The van der Waals surface area contributed by atoms with Gasteiger partial charge < -0.3 is 30.0 Å². The Morgan fingerprint density at radius 2 is 1.66 bits per heavy atom. The Morgan fingerprint density at radius 1 is 0.979 bits per heavy atom. The van der Waals surface area contributed by atoms with E-state index in [9.17, 15) is 41.1 Å². The molecule has 2 amide bonds. The molecule has 0 spiro atoms. The van der Waals surface area contributed by atoms with Crippen molar-refractivity contribution in [3.63, 3.8) is 0 Å². The van der Waals surface area contributed by atoms with Crippen LogP contribution in [0.2, 0.25) is 0 Å². The summed E-state index contributed by atoms with van der Waals surface area (Å²) in [4.78, 5) is 37.8. The number of carbonyl (C=O) groups is 3. The summed E-state index contributed by atoms with van der Waals surface area (Å²) in [6.07, 6.45) is 2.29. The number of halogens is 4. The van der Waals surface area contributed by atoms with Gasteiger partial charge in [0.25, 0.3) is 15.7 Å². The molecule has 47 heavy (non-hydrogen) atoms. The van der Waals surface area contributed by atoms with Gasteiger partial charge in [-0.25, -0.2) is 17.6 Å². The molecule has 5 rings (SSSR count). The minimum Gasteiger partial charge on any atom is -0.496 e. The van der Waals surface area contributed by atoms with Crippen molar-refractivity contribution >= 4 is 33.3 Å². The highest BCUT2D eigenvalue weighted by Gasteiger charge is 2.52. The number of hydrogen-bond acceptors (Lipinski definition) is 8. The van der Waals surface area contributed by atoms with Crippen molar-refractivity contribution in [1.29, 1.82) is 0 Å². The van der Waals surface area contributed by atoms with Gasteiger partial charge >= 0.3 is 11.5 Å². The van der Waals surface area contributed by atoms with Gasteiger partial charge in [-0.1, -0.05) is 6.07 Å². The van der Waals surface area contributed by atoms with Crippen LogP contribution >= 0.6 is 0 Å². The summed E-state index contributed by atoms with van der Waals surface area (Å²) in [5.74, 6) is -4.49. The van der Waals surface area contributed by atoms with Crippen molar-refractivity contribution in [3.05, 3.63) is 47.8 Å². The fraction of sp³-hybridized carbons (Fsp3) is 0.516. The van der Waals surface area contributed by atoms with Gasteiger partial charge in [-0.3, -0.25) is 9.59 Å². The molecule has 0 saturated heterocycles. The molecule has 16 heteroatoms. The molecule has 3 N–H and O–H groups in total. The molecule has 0 aliphatic heterocycles. The number of benzene rings is 2. The van der Waals surface area contributed by atoms with Crippen molar-refractivity contribution in [2.45, 2.75) is 73.1 Å². The van der Waals surface area contributed by atoms with Crippen LogP contribution in [-0.2, 0) is 24.2 Å². The number of nitrogens with one attached hydrogen (secondary N) is 2. The molecule has 3 aliphatic carbocycles. The van der Waals surface area contributed by atoms with Gasteiger partial charge in [0.2, 0.25) is 5.91 Å². The topological polar surface area (TPSA) is 157 Å². The first kappa shape index (κ1) is 34.4. The first-order valence-corrected chi connectivity index (χ1v) is 16.4. The van der Waals surface area contributed by atoms with Crippen molar-refractivity contribution in [2.75, 3.05) is 19.5 Å². The number of anilines is 1. The maximum Gasteiger partial charge on any atom is 0.501 e. The highest BCUT2D eigenvalue weighted by atomic mass is 32.2. The van der Waals surface area contributed by atoms with Crippen LogP contribution in [0.15, 0.2) is 41.3 Å². The molecular formula is C31H34F4N2O9S. The van der Waals surface area contributed by atoms with E-state index in [-0.39, 0.29) is 60.3 Å².